The average Bonchev–Trinajstić information content (AvgIpc) is 2.00. The molecule has 1 atom stereocenters. The summed E-state index contributed by atoms with van der Waals surface area (Å²) >= 11 is 0. The summed E-state index contributed by atoms with van der Waals surface area (Å²) in [4.78, 5) is 9.84. The quantitative estimate of drug-likeness (QED) is 0.754. The summed E-state index contributed by atoms with van der Waals surface area (Å²) in [5.74, 6) is -14.4. The van der Waals surface area contributed by atoms with Crippen LogP contribution in [0.25, 0.3) is 0 Å². The summed E-state index contributed by atoms with van der Waals surface area (Å²) < 4.78 is 83.7. The second-order valence-electron chi connectivity index (χ2n) is 2.83. The van der Waals surface area contributed by atoms with Crippen molar-refractivity contribution >= 4 is 5.97 Å². The van der Waals surface area contributed by atoms with Crippen molar-refractivity contribution in [2.75, 3.05) is 0 Å². The Kier molecular flexibility index (Phi) is 3.80. The van der Waals surface area contributed by atoms with E-state index in [1.54, 1.807) is 0 Å². The zero-order valence-electron chi connectivity index (χ0n) is 7.23. The predicted molar refractivity (Wildman–Crippen MR) is 34.2 cm³/mol. The van der Waals surface area contributed by atoms with E-state index in [2.05, 4.69) is 0 Å². The Hall–Kier alpha value is -1.06. The van der Waals surface area contributed by atoms with Crippen molar-refractivity contribution in [1.29, 1.82) is 0 Å². The third-order valence-electron chi connectivity index (χ3n) is 1.55. The van der Waals surface area contributed by atoms with Gasteiger partial charge in [-0.3, -0.25) is 0 Å². The molecular weight excluding hydrogens is 253 g/mol. The highest BCUT2D eigenvalue weighted by Gasteiger charge is 2.73. The molecule has 0 spiro atoms. The number of carboxylic acids is 1. The maximum absolute atomic E-state index is 12.4. The molecule has 0 saturated carbocycles. The molecule has 0 aliphatic carbocycles. The highest BCUT2D eigenvalue weighted by molar-refractivity contribution is 5.72. The van der Waals surface area contributed by atoms with Crippen molar-refractivity contribution in [2.45, 2.75) is 30.5 Å². The van der Waals surface area contributed by atoms with Crippen LogP contribution in [0.5, 0.6) is 0 Å². The molecule has 0 radical (unpaired) electrons. The topological polar surface area (TPSA) is 57.5 Å². The van der Waals surface area contributed by atoms with Gasteiger partial charge in [-0.15, -0.1) is 0 Å². The number of rotatable bonds is 4. The molecule has 0 aromatic carbocycles. The van der Waals surface area contributed by atoms with Crippen molar-refractivity contribution in [3.63, 3.8) is 0 Å². The van der Waals surface area contributed by atoms with Gasteiger partial charge in [-0.1, -0.05) is 0 Å². The molecule has 3 nitrogen and oxygen atoms in total. The Morgan fingerprint density at radius 2 is 1.44 bits per heavy atom. The molecule has 0 heterocycles. The van der Waals surface area contributed by atoms with E-state index in [0.29, 0.717) is 0 Å². The molecule has 16 heavy (non-hydrogen) atoms. The first kappa shape index (κ1) is 14.9. The van der Waals surface area contributed by atoms with Crippen molar-refractivity contribution in [3.05, 3.63) is 0 Å². The van der Waals surface area contributed by atoms with Crippen molar-refractivity contribution in [3.8, 4) is 0 Å². The second-order valence-corrected chi connectivity index (χ2v) is 2.83. The van der Waals surface area contributed by atoms with E-state index in [-0.39, 0.29) is 0 Å². The van der Waals surface area contributed by atoms with Crippen molar-refractivity contribution in [1.82, 2.24) is 0 Å². The molecule has 96 valence electrons. The third-order valence-corrected chi connectivity index (χ3v) is 1.55. The van der Waals surface area contributed by atoms with Crippen LogP contribution in [0.4, 0.5) is 30.7 Å². The maximum atomic E-state index is 12.4. The van der Waals surface area contributed by atoms with Crippen LogP contribution in [0, 0.1) is 0 Å². The van der Waals surface area contributed by atoms with Gasteiger partial charge in [0, 0.05) is 0 Å². The molecule has 0 aliphatic heterocycles. The van der Waals surface area contributed by atoms with Gasteiger partial charge in [0.15, 0.2) is 6.10 Å². The minimum absolute atomic E-state index is 2.32. The Labute approximate surface area is 83.5 Å². The molecule has 0 saturated heterocycles. The zero-order chi connectivity index (χ0) is 13.4. The standard InChI is InChI=1S/C6H5F7O3/c7-4(8,1-2(14)3(15)16)5(9,10)6(11,12)13/h2,14H,1H2,(H,15,16). The highest BCUT2D eigenvalue weighted by Crippen LogP contribution is 2.48. The third kappa shape index (κ3) is 2.74. The Balaban J connectivity index is 4.99. The van der Waals surface area contributed by atoms with Crippen LogP contribution in [0.3, 0.4) is 0 Å². The Morgan fingerprint density at radius 1 is 1.06 bits per heavy atom. The van der Waals surface area contributed by atoms with Gasteiger partial charge in [0.05, 0.1) is 6.42 Å². The van der Waals surface area contributed by atoms with Crippen LogP contribution in [-0.2, 0) is 4.79 Å². The fraction of sp³-hybridized carbons (Fsp3) is 0.833. The zero-order valence-corrected chi connectivity index (χ0v) is 7.23. The lowest BCUT2D eigenvalue weighted by atomic mass is 10.0. The summed E-state index contributed by atoms with van der Waals surface area (Å²) in [6.45, 7) is 0. The number of carboxylic acid groups (broad SMARTS) is 1. The number of alkyl halides is 7. The lowest BCUT2D eigenvalue weighted by molar-refractivity contribution is -0.357. The van der Waals surface area contributed by atoms with E-state index in [4.69, 9.17) is 10.2 Å². The average molecular weight is 258 g/mol. The molecule has 10 heteroatoms. The van der Waals surface area contributed by atoms with E-state index < -0.39 is 36.5 Å². The summed E-state index contributed by atoms with van der Waals surface area (Å²) in [5, 5.41) is 16.2. The van der Waals surface area contributed by atoms with Gasteiger partial charge in [-0.2, -0.15) is 30.7 Å². The summed E-state index contributed by atoms with van der Waals surface area (Å²) in [6.07, 6.45) is -12.1. The predicted octanol–water partition coefficient (Wildman–Crippen LogP) is 1.65. The first-order valence-corrected chi connectivity index (χ1v) is 3.56. The van der Waals surface area contributed by atoms with E-state index >= 15 is 0 Å². The minimum atomic E-state index is -6.53. The first-order chi connectivity index (χ1) is 6.83. The molecule has 0 amide bonds. The number of carbonyl (C=O) groups is 1. The number of aliphatic hydroxyl groups excluding tert-OH is 1. The molecular formula is C6H5F7O3. The van der Waals surface area contributed by atoms with Crippen LogP contribution >= 0.6 is 0 Å². The lowest BCUT2D eigenvalue weighted by Gasteiger charge is -2.28. The van der Waals surface area contributed by atoms with Gasteiger partial charge in [0.25, 0.3) is 0 Å². The van der Waals surface area contributed by atoms with Crippen LogP contribution in [0.15, 0.2) is 0 Å². The smallest absolute Gasteiger partial charge is 0.459 e. The van der Waals surface area contributed by atoms with Crippen LogP contribution < -0.4 is 0 Å². The van der Waals surface area contributed by atoms with Crippen LogP contribution in [0.1, 0.15) is 6.42 Å². The van der Waals surface area contributed by atoms with Gasteiger partial charge < -0.3 is 10.2 Å². The van der Waals surface area contributed by atoms with Gasteiger partial charge in [-0.05, 0) is 0 Å². The fourth-order valence-corrected chi connectivity index (χ4v) is 0.666. The second kappa shape index (κ2) is 4.07. The summed E-state index contributed by atoms with van der Waals surface area (Å²) in [6, 6.07) is 0. The molecule has 0 aliphatic rings. The summed E-state index contributed by atoms with van der Waals surface area (Å²) in [7, 11) is 0. The molecule has 2 N–H and O–H groups in total. The molecule has 0 rings (SSSR count). The SMILES string of the molecule is O=C(O)C(O)CC(F)(F)C(F)(F)C(F)(F)F. The summed E-state index contributed by atoms with van der Waals surface area (Å²) in [5.41, 5.74) is 0. The Bertz CT molecular complexity index is 272. The van der Waals surface area contributed by atoms with Gasteiger partial charge in [0.2, 0.25) is 0 Å². The fourth-order valence-electron chi connectivity index (χ4n) is 0.666. The van der Waals surface area contributed by atoms with Crippen LogP contribution in [-0.4, -0.2) is 40.3 Å². The van der Waals surface area contributed by atoms with Crippen LogP contribution in [0.2, 0.25) is 0 Å². The van der Waals surface area contributed by atoms with E-state index in [1.807, 2.05) is 0 Å². The van der Waals surface area contributed by atoms with E-state index in [0.717, 1.165) is 0 Å². The lowest BCUT2D eigenvalue weighted by Crippen LogP contribution is -2.53. The van der Waals surface area contributed by atoms with Crippen molar-refractivity contribution in [2.24, 2.45) is 0 Å². The number of aliphatic carboxylic acids is 1. The van der Waals surface area contributed by atoms with Gasteiger partial charge >= 0.3 is 24.0 Å². The number of hydrogen-bond donors (Lipinski definition) is 2. The number of halogens is 7. The molecule has 0 aromatic rings. The number of aliphatic hydroxyl groups is 1. The van der Waals surface area contributed by atoms with Gasteiger partial charge in [-0.25, -0.2) is 4.79 Å². The van der Waals surface area contributed by atoms with Crippen molar-refractivity contribution < 1.29 is 45.7 Å². The minimum Gasteiger partial charge on any atom is -0.479 e. The number of hydrogen-bond acceptors (Lipinski definition) is 2. The first-order valence-electron chi connectivity index (χ1n) is 3.56. The Morgan fingerprint density at radius 3 is 1.69 bits per heavy atom. The molecule has 0 bridgehead atoms. The highest BCUT2D eigenvalue weighted by atomic mass is 19.4. The van der Waals surface area contributed by atoms with Gasteiger partial charge in [0.1, 0.15) is 0 Å². The normalized spacial score (nSPS) is 16.0. The molecule has 1 unspecified atom stereocenters. The molecule has 0 fully saturated rings. The maximum Gasteiger partial charge on any atom is 0.459 e. The molecule has 0 aromatic heterocycles. The van der Waals surface area contributed by atoms with E-state index in [9.17, 15) is 35.5 Å². The van der Waals surface area contributed by atoms with E-state index in [1.165, 1.54) is 0 Å². The monoisotopic (exact) mass is 258 g/mol. The largest absolute Gasteiger partial charge is 0.479 e.